The van der Waals surface area contributed by atoms with Crippen molar-refractivity contribution in [2.75, 3.05) is 6.61 Å². The van der Waals surface area contributed by atoms with E-state index in [9.17, 15) is 0 Å². The molecule has 0 spiro atoms. The summed E-state index contributed by atoms with van der Waals surface area (Å²) in [6, 6.07) is 3.99. The van der Waals surface area contributed by atoms with Crippen molar-refractivity contribution in [2.45, 2.75) is 20.4 Å². The van der Waals surface area contributed by atoms with Gasteiger partial charge in [0.05, 0.1) is 11.4 Å². The summed E-state index contributed by atoms with van der Waals surface area (Å²) >= 11 is 1.61. The normalized spacial score (nSPS) is 10.1. The van der Waals surface area contributed by atoms with Crippen LogP contribution in [-0.4, -0.2) is 26.5 Å². The van der Waals surface area contributed by atoms with Crippen LogP contribution in [0.15, 0.2) is 12.1 Å². The summed E-state index contributed by atoms with van der Waals surface area (Å²) in [5.74, 6) is 7.24. The number of nitrogens with zero attached hydrogens (tertiary/aromatic N) is 3. The maximum atomic E-state index is 8.62. The molecular weight excluding hydrogens is 234 g/mol. The van der Waals surface area contributed by atoms with Gasteiger partial charge in [0, 0.05) is 4.88 Å². The van der Waals surface area contributed by atoms with Crippen LogP contribution < -0.4 is 0 Å². The van der Waals surface area contributed by atoms with Gasteiger partial charge in [-0.15, -0.1) is 11.3 Å². The van der Waals surface area contributed by atoms with E-state index < -0.39 is 0 Å². The van der Waals surface area contributed by atoms with E-state index in [1.165, 1.54) is 4.88 Å². The number of rotatable bonds is 2. The van der Waals surface area contributed by atoms with Crippen molar-refractivity contribution < 1.29 is 5.11 Å². The molecule has 0 saturated carbocycles. The Kier molecular flexibility index (Phi) is 3.57. The van der Waals surface area contributed by atoms with Gasteiger partial charge < -0.3 is 5.11 Å². The lowest BCUT2D eigenvalue weighted by molar-refractivity contribution is 0.350. The van der Waals surface area contributed by atoms with Gasteiger partial charge in [-0.05, 0) is 26.0 Å². The minimum Gasteiger partial charge on any atom is -0.384 e. The molecule has 5 heteroatoms. The molecule has 2 rings (SSSR count). The Bertz CT molecular complexity index is 574. The highest BCUT2D eigenvalue weighted by molar-refractivity contribution is 7.12. The average molecular weight is 247 g/mol. The fraction of sp³-hybridized carbons (Fsp3) is 0.333. The molecule has 2 aromatic rings. The van der Waals surface area contributed by atoms with Gasteiger partial charge in [-0.2, -0.15) is 5.10 Å². The molecule has 0 aliphatic heterocycles. The maximum Gasteiger partial charge on any atom is 0.147 e. The molecule has 0 aliphatic rings. The van der Waals surface area contributed by atoms with Crippen LogP contribution in [-0.2, 0) is 6.54 Å². The third-order valence-electron chi connectivity index (χ3n) is 2.22. The summed E-state index contributed by atoms with van der Waals surface area (Å²) in [5, 5.41) is 12.9. The van der Waals surface area contributed by atoms with Crippen molar-refractivity contribution in [1.82, 2.24) is 14.8 Å². The molecule has 2 heterocycles. The van der Waals surface area contributed by atoms with Crippen LogP contribution in [0.1, 0.15) is 21.4 Å². The first-order valence-electron chi connectivity index (χ1n) is 5.25. The van der Waals surface area contributed by atoms with E-state index in [2.05, 4.69) is 21.9 Å². The zero-order chi connectivity index (χ0) is 12.3. The Hall–Kier alpha value is -1.64. The van der Waals surface area contributed by atoms with Crippen LogP contribution in [0, 0.1) is 25.7 Å². The first kappa shape index (κ1) is 11.8. The Labute approximate surface area is 104 Å². The molecule has 0 amide bonds. The highest BCUT2D eigenvalue weighted by atomic mass is 32.1. The standard InChI is InChI=1S/C12H13N3OS/c1-9-13-10(2)15(14-9)8-12-6-5-11(17-12)4-3-7-16/h5-6,16H,7-8H2,1-2H3. The van der Waals surface area contributed by atoms with E-state index >= 15 is 0 Å². The van der Waals surface area contributed by atoms with Gasteiger partial charge in [-0.1, -0.05) is 11.8 Å². The van der Waals surface area contributed by atoms with Crippen molar-refractivity contribution in [3.8, 4) is 11.8 Å². The van der Waals surface area contributed by atoms with Gasteiger partial charge in [-0.3, -0.25) is 0 Å². The van der Waals surface area contributed by atoms with E-state index in [1.807, 2.05) is 30.7 Å². The second-order valence-corrected chi connectivity index (χ2v) is 4.76. The molecule has 0 aromatic carbocycles. The van der Waals surface area contributed by atoms with Gasteiger partial charge in [-0.25, -0.2) is 9.67 Å². The van der Waals surface area contributed by atoms with Crippen LogP contribution in [0.2, 0.25) is 0 Å². The number of hydrogen-bond donors (Lipinski definition) is 1. The van der Waals surface area contributed by atoms with E-state index in [1.54, 1.807) is 11.3 Å². The highest BCUT2D eigenvalue weighted by Crippen LogP contribution is 2.16. The van der Waals surface area contributed by atoms with Crippen molar-refractivity contribution in [2.24, 2.45) is 0 Å². The number of aryl methyl sites for hydroxylation is 2. The maximum absolute atomic E-state index is 8.62. The van der Waals surface area contributed by atoms with Crippen LogP contribution >= 0.6 is 11.3 Å². The van der Waals surface area contributed by atoms with Crippen LogP contribution in [0.3, 0.4) is 0 Å². The Morgan fingerprint density at radius 2 is 2.24 bits per heavy atom. The Balaban J connectivity index is 2.14. The third kappa shape index (κ3) is 2.93. The molecule has 17 heavy (non-hydrogen) atoms. The lowest BCUT2D eigenvalue weighted by Crippen LogP contribution is -2.02. The zero-order valence-electron chi connectivity index (χ0n) is 9.77. The van der Waals surface area contributed by atoms with Crippen molar-refractivity contribution in [3.63, 3.8) is 0 Å². The summed E-state index contributed by atoms with van der Waals surface area (Å²) < 4.78 is 1.88. The number of aliphatic hydroxyl groups excluding tert-OH is 1. The summed E-state index contributed by atoms with van der Waals surface area (Å²) in [5.41, 5.74) is 0. The Morgan fingerprint density at radius 3 is 2.88 bits per heavy atom. The summed E-state index contributed by atoms with van der Waals surface area (Å²) in [4.78, 5) is 6.40. The van der Waals surface area contributed by atoms with Crippen LogP contribution in [0.5, 0.6) is 0 Å². The molecule has 0 aliphatic carbocycles. The van der Waals surface area contributed by atoms with Crippen molar-refractivity contribution >= 4 is 11.3 Å². The van der Waals surface area contributed by atoms with Crippen LogP contribution in [0.25, 0.3) is 0 Å². The number of hydrogen-bond acceptors (Lipinski definition) is 4. The molecular formula is C12H13N3OS. The summed E-state index contributed by atoms with van der Waals surface area (Å²) in [7, 11) is 0. The first-order valence-corrected chi connectivity index (χ1v) is 6.07. The minimum atomic E-state index is -0.103. The highest BCUT2D eigenvalue weighted by Gasteiger charge is 2.05. The van der Waals surface area contributed by atoms with Gasteiger partial charge in [0.15, 0.2) is 0 Å². The molecule has 2 aromatic heterocycles. The topological polar surface area (TPSA) is 50.9 Å². The molecule has 1 N–H and O–H groups in total. The SMILES string of the molecule is Cc1nc(C)n(Cc2ccc(C#CCO)s2)n1. The smallest absolute Gasteiger partial charge is 0.147 e. The van der Waals surface area contributed by atoms with Gasteiger partial charge in [0.1, 0.15) is 18.3 Å². The van der Waals surface area contributed by atoms with Gasteiger partial charge in [0.2, 0.25) is 0 Å². The van der Waals surface area contributed by atoms with Gasteiger partial charge >= 0.3 is 0 Å². The number of aromatic nitrogens is 3. The lowest BCUT2D eigenvalue weighted by atomic mass is 10.4. The Morgan fingerprint density at radius 1 is 1.41 bits per heavy atom. The average Bonchev–Trinajstić information content (AvgIpc) is 2.84. The predicted molar refractivity (Wildman–Crippen MR) is 66.9 cm³/mol. The third-order valence-corrected chi connectivity index (χ3v) is 3.21. The predicted octanol–water partition coefficient (Wildman–Crippen LogP) is 1.35. The number of thiophene rings is 1. The quantitative estimate of drug-likeness (QED) is 0.815. The second-order valence-electron chi connectivity index (χ2n) is 3.59. The van der Waals surface area contributed by atoms with E-state index in [4.69, 9.17) is 5.11 Å². The van der Waals surface area contributed by atoms with E-state index in [-0.39, 0.29) is 6.61 Å². The number of aliphatic hydroxyl groups is 1. The summed E-state index contributed by atoms with van der Waals surface area (Å²) in [6.07, 6.45) is 0. The molecule has 0 radical (unpaired) electrons. The fourth-order valence-corrected chi connectivity index (χ4v) is 2.38. The second kappa shape index (κ2) is 5.13. The molecule has 0 bridgehead atoms. The lowest BCUT2D eigenvalue weighted by Gasteiger charge is -1.99. The molecule has 0 fully saturated rings. The summed E-state index contributed by atoms with van der Waals surface area (Å²) in [6.45, 7) is 4.45. The van der Waals surface area contributed by atoms with Crippen LogP contribution in [0.4, 0.5) is 0 Å². The van der Waals surface area contributed by atoms with Crippen molar-refractivity contribution in [1.29, 1.82) is 0 Å². The van der Waals surface area contributed by atoms with Crippen molar-refractivity contribution in [3.05, 3.63) is 33.5 Å². The first-order chi connectivity index (χ1) is 8.19. The fourth-order valence-electron chi connectivity index (χ4n) is 1.52. The largest absolute Gasteiger partial charge is 0.384 e. The monoisotopic (exact) mass is 247 g/mol. The van der Waals surface area contributed by atoms with E-state index in [0.29, 0.717) is 0 Å². The van der Waals surface area contributed by atoms with E-state index in [0.717, 1.165) is 23.1 Å². The minimum absolute atomic E-state index is 0.103. The molecule has 0 saturated heterocycles. The molecule has 0 unspecified atom stereocenters. The zero-order valence-corrected chi connectivity index (χ0v) is 10.6. The molecule has 0 atom stereocenters. The molecule has 88 valence electrons. The molecule has 4 nitrogen and oxygen atoms in total. The van der Waals surface area contributed by atoms with Gasteiger partial charge in [0.25, 0.3) is 0 Å².